The molecule has 7 aromatic rings. The van der Waals surface area contributed by atoms with Crippen LogP contribution in [0.5, 0.6) is 0 Å². The number of imidazole rings is 1. The Bertz CT molecular complexity index is 2420. The van der Waals surface area contributed by atoms with E-state index in [2.05, 4.69) is 4.98 Å². The quantitative estimate of drug-likeness (QED) is 0.206. The van der Waals surface area contributed by atoms with Crippen LogP contribution in [0.15, 0.2) is 83.3 Å². The van der Waals surface area contributed by atoms with Gasteiger partial charge in [0.05, 0.1) is 7.05 Å². The van der Waals surface area contributed by atoms with Crippen molar-refractivity contribution in [3.63, 3.8) is 0 Å². The van der Waals surface area contributed by atoms with Gasteiger partial charge in [0.15, 0.2) is 16.6 Å². The van der Waals surface area contributed by atoms with E-state index in [1.165, 1.54) is 13.8 Å². The molecule has 0 aliphatic carbocycles. The van der Waals surface area contributed by atoms with Gasteiger partial charge < -0.3 is 4.42 Å². The molecule has 3 aromatic heterocycles. The van der Waals surface area contributed by atoms with Crippen molar-refractivity contribution >= 4 is 43.9 Å². The van der Waals surface area contributed by atoms with E-state index in [-0.39, 0.29) is 16.8 Å². The van der Waals surface area contributed by atoms with Gasteiger partial charge in [0.25, 0.3) is 5.82 Å². The lowest BCUT2D eigenvalue weighted by atomic mass is 9.92. The van der Waals surface area contributed by atoms with Gasteiger partial charge in [-0.3, -0.25) is 0 Å². The van der Waals surface area contributed by atoms with Crippen LogP contribution in [0.3, 0.4) is 0 Å². The summed E-state index contributed by atoms with van der Waals surface area (Å²) in [4.78, 5) is 4.66. The van der Waals surface area contributed by atoms with Crippen LogP contribution in [-0.2, 0) is 7.05 Å². The van der Waals surface area contributed by atoms with E-state index >= 15 is 0 Å². The number of benzene rings is 4. The van der Waals surface area contributed by atoms with E-state index in [0.29, 0.717) is 28.2 Å². The maximum atomic E-state index is 9.34. The molecule has 0 aliphatic rings. The normalized spacial score (nSPS) is 18.6. The Morgan fingerprint density at radius 2 is 1.56 bits per heavy atom. The molecule has 0 radical (unpaired) electrons. The summed E-state index contributed by atoms with van der Waals surface area (Å²) in [5.41, 5.74) is 5.14. The highest BCUT2D eigenvalue weighted by Gasteiger charge is 2.34. The third-order valence-electron chi connectivity index (χ3n) is 8.13. The van der Waals surface area contributed by atoms with E-state index in [1.807, 2.05) is 90.7 Å². The first kappa shape index (κ1) is 18.1. The monoisotopic (exact) mass is 546 g/mol. The fourth-order valence-corrected chi connectivity index (χ4v) is 6.23. The fraction of sp³-hybridized carbons (Fsp3) is 0.243. The Morgan fingerprint density at radius 1 is 0.829 bits per heavy atom. The van der Waals surface area contributed by atoms with Crippen molar-refractivity contribution in [1.82, 2.24) is 9.55 Å². The van der Waals surface area contributed by atoms with Gasteiger partial charge in [-0.1, -0.05) is 76.1 Å². The topological polar surface area (TPSA) is 34.8 Å². The summed E-state index contributed by atoms with van der Waals surface area (Å²) in [6, 6.07) is 24.4. The summed E-state index contributed by atoms with van der Waals surface area (Å²) >= 11 is 0. The van der Waals surface area contributed by atoms with Crippen LogP contribution in [0.4, 0.5) is 0 Å². The largest absolute Gasteiger partial charge is 0.437 e. The molecule has 0 spiro atoms. The summed E-state index contributed by atoms with van der Waals surface area (Å²) in [6.07, 6.45) is 0. The Kier molecular flexibility index (Phi) is 4.10. The van der Waals surface area contributed by atoms with Gasteiger partial charge in [0.2, 0.25) is 5.71 Å². The third-order valence-corrected chi connectivity index (χ3v) is 8.13. The highest BCUT2D eigenvalue weighted by Crippen LogP contribution is 2.42. The molecule has 0 aliphatic heterocycles. The first-order valence-electron chi connectivity index (χ1n) is 17.7. The number of furan rings is 1. The standard InChI is InChI=1S/C37H36N3O/c1-21(2)26-13-10-14-27(22(3)4)33(26)40-31-20-17-25-11-8-9-12-28(25)34(31)39(7)37(40)32-23(5)15-18-29-30-19-16-24(6)38-36(30)41-35(29)32/h8-22H,1-7H3/q+1/i1D3,3D3,21D,22D. The van der Waals surface area contributed by atoms with Crippen molar-refractivity contribution in [3.05, 3.63) is 101 Å². The summed E-state index contributed by atoms with van der Waals surface area (Å²) in [7, 11) is 1.92. The fourth-order valence-electron chi connectivity index (χ4n) is 6.23. The molecule has 7 rings (SSSR count). The molecule has 4 heteroatoms. The molecule has 0 saturated heterocycles. The van der Waals surface area contributed by atoms with Crippen molar-refractivity contribution in [2.75, 3.05) is 0 Å². The summed E-state index contributed by atoms with van der Waals surface area (Å²) in [5.74, 6) is -3.80. The molecular formula is C37H36N3O+. The third kappa shape index (κ3) is 3.73. The van der Waals surface area contributed by atoms with Crippen LogP contribution < -0.4 is 4.57 Å². The van der Waals surface area contributed by atoms with Crippen LogP contribution in [0, 0.1) is 13.8 Å². The number of fused-ring (bicyclic) bond motifs is 6. The highest BCUT2D eigenvalue weighted by molar-refractivity contribution is 6.10. The molecule has 204 valence electrons. The van der Waals surface area contributed by atoms with Gasteiger partial charge in [-0.2, -0.15) is 4.57 Å². The predicted molar refractivity (Wildman–Crippen MR) is 170 cm³/mol. The van der Waals surface area contributed by atoms with Crippen LogP contribution in [0.25, 0.3) is 61.0 Å². The minimum atomic E-state index is -2.80. The Hall–Kier alpha value is -4.44. The summed E-state index contributed by atoms with van der Waals surface area (Å²) in [6.45, 7) is 0.899. The van der Waals surface area contributed by atoms with Crippen LogP contribution in [-0.4, -0.2) is 9.55 Å². The van der Waals surface area contributed by atoms with Gasteiger partial charge in [-0.05, 0) is 66.9 Å². The molecule has 0 saturated carbocycles. The average molecular weight is 547 g/mol. The van der Waals surface area contributed by atoms with Crippen LogP contribution in [0.2, 0.25) is 0 Å². The zero-order chi connectivity index (χ0) is 35.4. The van der Waals surface area contributed by atoms with Crippen LogP contribution >= 0.6 is 0 Å². The van der Waals surface area contributed by atoms with Crippen molar-refractivity contribution in [3.8, 4) is 17.1 Å². The molecule has 4 aromatic carbocycles. The predicted octanol–water partition coefficient (Wildman–Crippen LogP) is 9.43. The SMILES string of the molecule is [2H]C([2H])([2H])C([2H])(C)c1cccc(C([2H])(C)C([2H])([2H])[2H])c1-n1c(-c2c(C)ccc3c2oc2nc(C)ccc23)[n+](C)c2c3ccccc3ccc21. The van der Waals surface area contributed by atoms with Gasteiger partial charge in [0.1, 0.15) is 11.3 Å². The van der Waals surface area contributed by atoms with Crippen molar-refractivity contribution < 1.29 is 20.0 Å². The number of nitrogens with zero attached hydrogens (tertiary/aromatic N) is 3. The smallest absolute Gasteiger partial charge is 0.299 e. The number of aromatic nitrogens is 3. The first-order valence-corrected chi connectivity index (χ1v) is 13.7. The molecule has 41 heavy (non-hydrogen) atoms. The second-order valence-corrected chi connectivity index (χ2v) is 10.9. The van der Waals surface area contributed by atoms with Crippen molar-refractivity contribution in [2.45, 2.75) is 53.2 Å². The zero-order valence-corrected chi connectivity index (χ0v) is 23.8. The lowest BCUT2D eigenvalue weighted by Crippen LogP contribution is -2.31. The second-order valence-electron chi connectivity index (χ2n) is 10.9. The molecule has 4 nitrogen and oxygen atoms in total. The summed E-state index contributed by atoms with van der Waals surface area (Å²) < 4.78 is 79.8. The van der Waals surface area contributed by atoms with E-state index in [9.17, 15) is 2.74 Å². The Balaban J connectivity index is 1.77. The van der Waals surface area contributed by atoms with Gasteiger partial charge in [0, 0.05) is 43.9 Å². The molecule has 0 amide bonds. The summed E-state index contributed by atoms with van der Waals surface area (Å²) in [5, 5.41) is 3.56. The first-order chi connectivity index (χ1) is 22.9. The molecule has 3 heterocycles. The van der Waals surface area contributed by atoms with E-state index in [1.54, 1.807) is 18.2 Å². The van der Waals surface area contributed by atoms with Crippen LogP contribution in [0.1, 0.15) is 72.7 Å². The van der Waals surface area contributed by atoms with Gasteiger partial charge >= 0.3 is 0 Å². The number of aryl methyl sites for hydroxylation is 3. The maximum absolute atomic E-state index is 9.34. The number of rotatable bonds is 4. The lowest BCUT2D eigenvalue weighted by Gasteiger charge is -2.18. The Morgan fingerprint density at radius 3 is 2.32 bits per heavy atom. The van der Waals surface area contributed by atoms with E-state index in [0.717, 1.165) is 38.3 Å². The average Bonchev–Trinajstić information content (AvgIpc) is 3.53. The highest BCUT2D eigenvalue weighted by atomic mass is 16.3. The number of hydrogen-bond donors (Lipinski definition) is 0. The molecule has 0 bridgehead atoms. The molecule has 2 unspecified atom stereocenters. The van der Waals surface area contributed by atoms with Crippen molar-refractivity contribution in [1.29, 1.82) is 0 Å². The Labute approximate surface area is 252 Å². The van der Waals surface area contributed by atoms with E-state index in [4.69, 9.17) is 12.6 Å². The van der Waals surface area contributed by atoms with Gasteiger partial charge in [-0.15, -0.1) is 0 Å². The minimum Gasteiger partial charge on any atom is -0.437 e. The molecular weight excluding hydrogens is 502 g/mol. The van der Waals surface area contributed by atoms with E-state index < -0.39 is 25.5 Å². The maximum Gasteiger partial charge on any atom is 0.299 e. The number of para-hydroxylation sites is 1. The second kappa shape index (κ2) is 9.31. The number of pyridine rings is 1. The molecule has 0 N–H and O–H groups in total. The minimum absolute atomic E-state index is 0.0753. The molecule has 0 fully saturated rings. The zero-order valence-electron chi connectivity index (χ0n) is 31.8. The van der Waals surface area contributed by atoms with Crippen molar-refractivity contribution in [2.24, 2.45) is 7.05 Å². The number of hydrogen-bond acceptors (Lipinski definition) is 2. The molecule has 2 atom stereocenters. The lowest BCUT2D eigenvalue weighted by molar-refractivity contribution is -0.633. The van der Waals surface area contributed by atoms with Gasteiger partial charge in [-0.25, -0.2) is 9.55 Å².